The standard InChI is InChI=1S/C14H25N5O2/c1-4-20-7-5-16-14(15-2)19-6-8-21-13(11-19)12-9-17-18(3)10-12/h9-10,13H,4-8,11H2,1-3H3,(H,15,16). The average molecular weight is 295 g/mol. The van der Waals surface area contributed by atoms with Crippen LogP contribution in [0.15, 0.2) is 17.4 Å². The Labute approximate surface area is 125 Å². The van der Waals surface area contributed by atoms with Gasteiger partial charge >= 0.3 is 0 Å². The summed E-state index contributed by atoms with van der Waals surface area (Å²) in [5.74, 6) is 0.895. The summed E-state index contributed by atoms with van der Waals surface area (Å²) >= 11 is 0. The van der Waals surface area contributed by atoms with Gasteiger partial charge in [0.05, 0.1) is 26.0 Å². The van der Waals surface area contributed by atoms with Crippen LogP contribution < -0.4 is 5.32 Å². The Kier molecular flexibility index (Phi) is 6.01. The van der Waals surface area contributed by atoms with Gasteiger partial charge in [-0.2, -0.15) is 5.10 Å². The van der Waals surface area contributed by atoms with Crippen LogP contribution in [0.5, 0.6) is 0 Å². The summed E-state index contributed by atoms with van der Waals surface area (Å²) < 4.78 is 13.0. The Morgan fingerprint density at radius 3 is 3.14 bits per heavy atom. The van der Waals surface area contributed by atoms with E-state index in [2.05, 4.69) is 20.3 Å². The van der Waals surface area contributed by atoms with Crippen LogP contribution in [-0.2, 0) is 16.5 Å². The van der Waals surface area contributed by atoms with Crippen LogP contribution in [0.2, 0.25) is 0 Å². The predicted octanol–water partition coefficient (Wildman–Crippen LogP) is 0.405. The lowest BCUT2D eigenvalue weighted by Gasteiger charge is -2.34. The quantitative estimate of drug-likeness (QED) is 0.484. The summed E-state index contributed by atoms with van der Waals surface area (Å²) in [5, 5.41) is 7.53. The number of hydrogen-bond acceptors (Lipinski definition) is 4. The molecule has 1 aromatic heterocycles. The number of morpholine rings is 1. The highest BCUT2D eigenvalue weighted by atomic mass is 16.5. The predicted molar refractivity (Wildman–Crippen MR) is 81.3 cm³/mol. The van der Waals surface area contributed by atoms with E-state index < -0.39 is 0 Å². The molecule has 1 saturated heterocycles. The van der Waals surface area contributed by atoms with E-state index in [9.17, 15) is 0 Å². The van der Waals surface area contributed by atoms with E-state index in [1.54, 1.807) is 11.7 Å². The third-order valence-corrected chi connectivity index (χ3v) is 3.41. The Hall–Kier alpha value is -1.60. The van der Waals surface area contributed by atoms with Gasteiger partial charge in [-0.15, -0.1) is 0 Å². The zero-order valence-electron chi connectivity index (χ0n) is 13.1. The number of guanidine groups is 1. The lowest BCUT2D eigenvalue weighted by molar-refractivity contribution is -0.00813. The van der Waals surface area contributed by atoms with Gasteiger partial charge in [-0.3, -0.25) is 9.67 Å². The van der Waals surface area contributed by atoms with Crippen molar-refractivity contribution in [2.75, 3.05) is 46.5 Å². The molecule has 1 aliphatic rings. The Bertz CT molecular complexity index is 460. The molecule has 1 aromatic rings. The first-order chi connectivity index (χ1) is 10.2. The van der Waals surface area contributed by atoms with E-state index in [0.29, 0.717) is 13.2 Å². The molecule has 0 spiro atoms. The average Bonchev–Trinajstić information content (AvgIpc) is 2.94. The van der Waals surface area contributed by atoms with Crippen molar-refractivity contribution in [3.05, 3.63) is 18.0 Å². The van der Waals surface area contributed by atoms with Gasteiger partial charge in [-0.05, 0) is 6.92 Å². The van der Waals surface area contributed by atoms with Crippen molar-refractivity contribution in [2.24, 2.45) is 12.0 Å². The molecule has 118 valence electrons. The van der Waals surface area contributed by atoms with E-state index in [4.69, 9.17) is 9.47 Å². The summed E-state index contributed by atoms with van der Waals surface area (Å²) in [6, 6.07) is 0. The molecule has 21 heavy (non-hydrogen) atoms. The van der Waals surface area contributed by atoms with Crippen LogP contribution in [0.1, 0.15) is 18.6 Å². The molecule has 0 bridgehead atoms. The Morgan fingerprint density at radius 1 is 1.62 bits per heavy atom. The molecule has 0 saturated carbocycles. The highest BCUT2D eigenvalue weighted by molar-refractivity contribution is 5.80. The second-order valence-corrected chi connectivity index (χ2v) is 4.92. The van der Waals surface area contributed by atoms with E-state index >= 15 is 0 Å². The van der Waals surface area contributed by atoms with Gasteiger partial charge in [0.25, 0.3) is 0 Å². The maximum Gasteiger partial charge on any atom is 0.193 e. The van der Waals surface area contributed by atoms with Crippen molar-refractivity contribution in [3.8, 4) is 0 Å². The van der Waals surface area contributed by atoms with Crippen molar-refractivity contribution < 1.29 is 9.47 Å². The molecule has 1 fully saturated rings. The minimum atomic E-state index is 0.0397. The maximum absolute atomic E-state index is 5.84. The first-order valence-corrected chi connectivity index (χ1v) is 7.38. The fourth-order valence-corrected chi connectivity index (χ4v) is 2.36. The summed E-state index contributed by atoms with van der Waals surface area (Å²) in [4.78, 5) is 6.56. The number of rotatable bonds is 5. The summed E-state index contributed by atoms with van der Waals surface area (Å²) in [5.41, 5.74) is 1.10. The lowest BCUT2D eigenvalue weighted by Crippen LogP contribution is -2.48. The van der Waals surface area contributed by atoms with Gasteiger partial charge in [-0.1, -0.05) is 0 Å². The molecule has 2 rings (SSSR count). The van der Waals surface area contributed by atoms with Gasteiger partial charge in [0.15, 0.2) is 5.96 Å². The minimum absolute atomic E-state index is 0.0397. The van der Waals surface area contributed by atoms with Gasteiger partial charge in [0.1, 0.15) is 6.10 Å². The molecule has 1 atom stereocenters. The molecule has 1 aliphatic heterocycles. The summed E-state index contributed by atoms with van der Waals surface area (Å²) in [6.45, 7) is 6.48. The highest BCUT2D eigenvalue weighted by Crippen LogP contribution is 2.21. The number of nitrogens with zero attached hydrogens (tertiary/aromatic N) is 4. The second-order valence-electron chi connectivity index (χ2n) is 4.92. The van der Waals surface area contributed by atoms with Crippen molar-refractivity contribution >= 4 is 5.96 Å². The lowest BCUT2D eigenvalue weighted by atomic mass is 10.1. The molecule has 7 nitrogen and oxygen atoms in total. The van der Waals surface area contributed by atoms with Crippen LogP contribution in [-0.4, -0.2) is 67.1 Å². The number of nitrogens with one attached hydrogen (secondary N) is 1. The fraction of sp³-hybridized carbons (Fsp3) is 0.714. The second kappa shape index (κ2) is 7.99. The van der Waals surface area contributed by atoms with Gasteiger partial charge < -0.3 is 19.7 Å². The number of ether oxygens (including phenoxy) is 2. The molecule has 0 aromatic carbocycles. The first kappa shape index (κ1) is 15.8. The van der Waals surface area contributed by atoms with Crippen molar-refractivity contribution in [1.29, 1.82) is 0 Å². The van der Waals surface area contributed by atoms with Crippen LogP contribution in [0.25, 0.3) is 0 Å². The van der Waals surface area contributed by atoms with E-state index in [1.165, 1.54) is 0 Å². The molecule has 7 heteroatoms. The molecule has 2 heterocycles. The summed E-state index contributed by atoms with van der Waals surface area (Å²) in [7, 11) is 3.72. The van der Waals surface area contributed by atoms with E-state index in [1.807, 2.05) is 26.4 Å². The molecule has 0 aliphatic carbocycles. The molecular weight excluding hydrogens is 270 g/mol. The van der Waals surface area contributed by atoms with Crippen LogP contribution in [0.4, 0.5) is 0 Å². The zero-order valence-corrected chi connectivity index (χ0v) is 13.1. The molecule has 1 unspecified atom stereocenters. The zero-order chi connectivity index (χ0) is 15.1. The van der Waals surface area contributed by atoms with Crippen molar-refractivity contribution in [1.82, 2.24) is 20.0 Å². The SMILES string of the molecule is CCOCCNC(=NC)N1CCOC(c2cnn(C)c2)C1. The van der Waals surface area contributed by atoms with Crippen molar-refractivity contribution in [3.63, 3.8) is 0 Å². The van der Waals surface area contributed by atoms with Crippen molar-refractivity contribution in [2.45, 2.75) is 13.0 Å². The molecule has 1 N–H and O–H groups in total. The van der Waals surface area contributed by atoms with E-state index in [0.717, 1.165) is 37.8 Å². The molecule has 0 amide bonds. The molecular formula is C14H25N5O2. The minimum Gasteiger partial charge on any atom is -0.380 e. The number of aryl methyl sites for hydroxylation is 1. The van der Waals surface area contributed by atoms with Crippen LogP contribution >= 0.6 is 0 Å². The topological polar surface area (TPSA) is 63.9 Å². The Morgan fingerprint density at radius 2 is 2.48 bits per heavy atom. The third-order valence-electron chi connectivity index (χ3n) is 3.41. The van der Waals surface area contributed by atoms with Gasteiger partial charge in [0.2, 0.25) is 0 Å². The van der Waals surface area contributed by atoms with Gasteiger partial charge in [0, 0.05) is 45.6 Å². The number of aromatic nitrogens is 2. The van der Waals surface area contributed by atoms with E-state index in [-0.39, 0.29) is 6.10 Å². The number of hydrogen-bond donors (Lipinski definition) is 1. The number of aliphatic imine (C=N–C) groups is 1. The molecule has 0 radical (unpaired) electrons. The first-order valence-electron chi connectivity index (χ1n) is 7.38. The third kappa shape index (κ3) is 4.44. The summed E-state index contributed by atoms with van der Waals surface area (Å²) in [6.07, 6.45) is 3.90. The maximum atomic E-state index is 5.84. The van der Waals surface area contributed by atoms with Gasteiger partial charge in [-0.25, -0.2) is 0 Å². The van der Waals surface area contributed by atoms with Crippen LogP contribution in [0, 0.1) is 0 Å². The smallest absolute Gasteiger partial charge is 0.193 e. The van der Waals surface area contributed by atoms with Crippen LogP contribution in [0.3, 0.4) is 0 Å². The highest BCUT2D eigenvalue weighted by Gasteiger charge is 2.24. The monoisotopic (exact) mass is 295 g/mol. The fourth-order valence-electron chi connectivity index (χ4n) is 2.36. The Balaban J connectivity index is 1.89. The normalized spacial score (nSPS) is 19.9. The largest absolute Gasteiger partial charge is 0.380 e.